The minimum absolute atomic E-state index is 0.207. The van der Waals surface area contributed by atoms with Gasteiger partial charge in [0.05, 0.1) is 40.3 Å². The fourth-order valence-electron chi connectivity index (χ4n) is 4.48. The van der Waals surface area contributed by atoms with Crippen molar-refractivity contribution in [2.45, 2.75) is 12.3 Å². The quantitative estimate of drug-likeness (QED) is 0.703. The molecule has 1 amide bonds. The van der Waals surface area contributed by atoms with Gasteiger partial charge in [-0.05, 0) is 47.4 Å². The lowest BCUT2D eigenvalue weighted by Gasteiger charge is -2.39. The summed E-state index contributed by atoms with van der Waals surface area (Å²) in [5.41, 5.74) is 2.38. The van der Waals surface area contributed by atoms with Crippen LogP contribution in [0.5, 0.6) is 23.0 Å². The van der Waals surface area contributed by atoms with Gasteiger partial charge in [0.1, 0.15) is 0 Å². The molecule has 0 radical (unpaired) electrons. The number of amides is 1. The number of carbonyl (C=O) groups excluding carboxylic acids is 1. The monoisotopic (exact) mass is 443 g/mol. The van der Waals surface area contributed by atoms with E-state index >= 15 is 0 Å². The highest BCUT2D eigenvalue weighted by atomic mass is 16.5. The third kappa shape index (κ3) is 4.04. The lowest BCUT2D eigenvalue weighted by atomic mass is 9.65. The summed E-state index contributed by atoms with van der Waals surface area (Å²) in [5, 5.41) is 10.1. The highest BCUT2D eigenvalue weighted by Gasteiger charge is 2.46. The summed E-state index contributed by atoms with van der Waals surface area (Å²) in [7, 11) is 9.43. The zero-order chi connectivity index (χ0) is 23.6. The van der Waals surface area contributed by atoms with Crippen molar-refractivity contribution < 1.29 is 33.6 Å². The molecule has 32 heavy (non-hydrogen) atoms. The minimum Gasteiger partial charge on any atom is -0.493 e. The number of nitrogens with zero attached hydrogens (tertiary/aromatic N) is 1. The number of carboxylic acid groups (broad SMARTS) is 1. The predicted molar refractivity (Wildman–Crippen MR) is 118 cm³/mol. The van der Waals surface area contributed by atoms with Crippen molar-refractivity contribution >= 4 is 11.9 Å². The van der Waals surface area contributed by atoms with Crippen LogP contribution in [0, 0.1) is 11.8 Å². The molecule has 1 N–H and O–H groups in total. The van der Waals surface area contributed by atoms with Gasteiger partial charge in [-0.25, -0.2) is 0 Å². The van der Waals surface area contributed by atoms with E-state index in [1.54, 1.807) is 46.5 Å². The number of aliphatic carboxylic acids is 1. The van der Waals surface area contributed by atoms with Crippen LogP contribution < -0.4 is 18.9 Å². The largest absolute Gasteiger partial charge is 0.493 e. The molecule has 1 aliphatic carbocycles. The molecule has 3 atom stereocenters. The van der Waals surface area contributed by atoms with E-state index in [9.17, 15) is 14.7 Å². The Balaban J connectivity index is 2.32. The van der Waals surface area contributed by atoms with Gasteiger partial charge in [0.15, 0.2) is 23.0 Å². The molecule has 0 aromatic heterocycles. The molecule has 8 nitrogen and oxygen atoms in total. The van der Waals surface area contributed by atoms with Gasteiger partial charge in [-0.3, -0.25) is 9.59 Å². The number of ether oxygens (including phenoxy) is 4. The maximum absolute atomic E-state index is 13.3. The minimum atomic E-state index is -1.02. The van der Waals surface area contributed by atoms with E-state index in [1.807, 2.05) is 12.1 Å². The number of carbonyl (C=O) groups is 2. The summed E-state index contributed by atoms with van der Waals surface area (Å²) < 4.78 is 21.8. The van der Waals surface area contributed by atoms with E-state index in [0.29, 0.717) is 23.0 Å². The van der Waals surface area contributed by atoms with Crippen molar-refractivity contribution in [3.63, 3.8) is 0 Å². The molecule has 0 saturated carbocycles. The average molecular weight is 443 g/mol. The second-order valence-electron chi connectivity index (χ2n) is 7.91. The molecule has 2 aromatic carbocycles. The highest BCUT2D eigenvalue weighted by Crippen LogP contribution is 2.48. The summed E-state index contributed by atoms with van der Waals surface area (Å²) in [5.74, 6) is -1.45. The Morgan fingerprint density at radius 2 is 1.44 bits per heavy atom. The maximum atomic E-state index is 13.3. The van der Waals surface area contributed by atoms with Crippen molar-refractivity contribution in [1.82, 2.24) is 4.90 Å². The van der Waals surface area contributed by atoms with Gasteiger partial charge < -0.3 is 29.0 Å². The fourth-order valence-corrected chi connectivity index (χ4v) is 4.48. The zero-order valence-corrected chi connectivity index (χ0v) is 19.2. The first-order valence-electron chi connectivity index (χ1n) is 10.2. The van der Waals surface area contributed by atoms with E-state index in [-0.39, 0.29) is 12.3 Å². The van der Waals surface area contributed by atoms with Crippen LogP contribution in [0.25, 0.3) is 0 Å². The van der Waals surface area contributed by atoms with Gasteiger partial charge in [-0.1, -0.05) is 6.07 Å². The first kappa shape index (κ1) is 23.2. The number of rotatable bonds is 7. The Labute approximate surface area is 187 Å². The Morgan fingerprint density at radius 3 is 1.97 bits per heavy atom. The molecular formula is C24H29NO7. The molecule has 2 aromatic rings. The third-order valence-electron chi connectivity index (χ3n) is 6.02. The molecule has 8 heteroatoms. The Kier molecular flexibility index (Phi) is 6.81. The summed E-state index contributed by atoms with van der Waals surface area (Å²) in [6.45, 7) is 0. The van der Waals surface area contributed by atoms with Crippen molar-refractivity contribution in [3.8, 4) is 23.0 Å². The molecular weight excluding hydrogens is 414 g/mol. The number of carboxylic acids is 1. The SMILES string of the molecule is COc1ccc([C@H]2c3cc(OC)c(OC)cc3C[C@H](C(=O)O)[C@@H]2C(=O)N(C)C)cc1OC. The molecule has 0 unspecified atom stereocenters. The number of methoxy groups -OCH3 is 4. The van der Waals surface area contributed by atoms with E-state index in [1.165, 1.54) is 19.1 Å². The average Bonchev–Trinajstić information content (AvgIpc) is 2.80. The molecule has 0 bridgehead atoms. The molecule has 0 heterocycles. The standard InChI is InChI=1S/C24H29NO7/c1-25(2)23(26)22-16(24(27)28)9-14-11-19(31-5)20(32-6)12-15(14)21(22)13-7-8-17(29-3)18(10-13)30-4/h7-8,10-12,16,21-22H,9H2,1-6H3,(H,27,28)/t16-,21-,22-/m0/s1. The molecule has 1 aliphatic rings. The summed E-state index contributed by atoms with van der Waals surface area (Å²) in [6, 6.07) is 9.03. The number of hydrogen-bond acceptors (Lipinski definition) is 6. The normalized spacial score (nSPS) is 19.5. The topological polar surface area (TPSA) is 94.5 Å². The molecule has 0 saturated heterocycles. The zero-order valence-electron chi connectivity index (χ0n) is 19.2. The van der Waals surface area contributed by atoms with Crippen LogP contribution in [0.1, 0.15) is 22.6 Å². The van der Waals surface area contributed by atoms with Gasteiger partial charge >= 0.3 is 5.97 Å². The molecule has 3 rings (SSSR count). The van der Waals surface area contributed by atoms with Crippen LogP contribution in [0.4, 0.5) is 0 Å². The van der Waals surface area contributed by atoms with Gasteiger partial charge in [0.2, 0.25) is 5.91 Å². The first-order chi connectivity index (χ1) is 15.3. The lowest BCUT2D eigenvalue weighted by Crippen LogP contribution is -2.44. The Bertz CT molecular complexity index is 1020. The van der Waals surface area contributed by atoms with Crippen LogP contribution in [0.2, 0.25) is 0 Å². The van der Waals surface area contributed by atoms with E-state index < -0.39 is 23.7 Å². The van der Waals surface area contributed by atoms with Crippen LogP contribution in [0.3, 0.4) is 0 Å². The van der Waals surface area contributed by atoms with Crippen molar-refractivity contribution in [3.05, 3.63) is 47.0 Å². The maximum Gasteiger partial charge on any atom is 0.307 e. The number of benzene rings is 2. The van der Waals surface area contributed by atoms with Crippen molar-refractivity contribution in [2.24, 2.45) is 11.8 Å². The third-order valence-corrected chi connectivity index (χ3v) is 6.02. The van der Waals surface area contributed by atoms with Crippen LogP contribution in [-0.2, 0) is 16.0 Å². The summed E-state index contributed by atoms with van der Waals surface area (Å²) >= 11 is 0. The van der Waals surface area contributed by atoms with Crippen LogP contribution in [-0.4, -0.2) is 64.4 Å². The molecule has 0 aliphatic heterocycles. The number of hydrogen-bond donors (Lipinski definition) is 1. The summed E-state index contributed by atoms with van der Waals surface area (Å²) in [6.07, 6.45) is 0.207. The van der Waals surface area contributed by atoms with E-state index in [2.05, 4.69) is 0 Å². The van der Waals surface area contributed by atoms with Gasteiger partial charge in [-0.2, -0.15) is 0 Å². The van der Waals surface area contributed by atoms with E-state index in [4.69, 9.17) is 18.9 Å². The van der Waals surface area contributed by atoms with Gasteiger partial charge in [0.25, 0.3) is 0 Å². The Morgan fingerprint density at radius 1 is 0.875 bits per heavy atom. The fraction of sp³-hybridized carbons (Fsp3) is 0.417. The second kappa shape index (κ2) is 9.38. The predicted octanol–water partition coefficient (Wildman–Crippen LogP) is 2.81. The van der Waals surface area contributed by atoms with Gasteiger partial charge in [0, 0.05) is 20.0 Å². The molecule has 0 fully saturated rings. The first-order valence-corrected chi connectivity index (χ1v) is 10.2. The highest BCUT2D eigenvalue weighted by molar-refractivity contribution is 5.87. The van der Waals surface area contributed by atoms with E-state index in [0.717, 1.165) is 16.7 Å². The van der Waals surface area contributed by atoms with Crippen LogP contribution in [0.15, 0.2) is 30.3 Å². The van der Waals surface area contributed by atoms with Gasteiger partial charge in [-0.15, -0.1) is 0 Å². The number of fused-ring (bicyclic) bond motifs is 1. The Hall–Kier alpha value is -3.42. The van der Waals surface area contributed by atoms with Crippen molar-refractivity contribution in [1.29, 1.82) is 0 Å². The van der Waals surface area contributed by atoms with Crippen LogP contribution >= 0.6 is 0 Å². The smallest absolute Gasteiger partial charge is 0.307 e. The van der Waals surface area contributed by atoms with Crippen molar-refractivity contribution in [2.75, 3.05) is 42.5 Å². The second-order valence-corrected chi connectivity index (χ2v) is 7.91. The summed E-state index contributed by atoms with van der Waals surface area (Å²) in [4.78, 5) is 27.1. The molecule has 0 spiro atoms. The molecule has 172 valence electrons. The lowest BCUT2D eigenvalue weighted by molar-refractivity contribution is -0.150.